The van der Waals surface area contributed by atoms with E-state index in [4.69, 9.17) is 5.73 Å². The zero-order valence-electron chi connectivity index (χ0n) is 10.4. The van der Waals surface area contributed by atoms with Crippen LogP contribution in [0.4, 0.5) is 5.13 Å². The third kappa shape index (κ3) is 2.46. The first kappa shape index (κ1) is 12.2. The molecule has 19 heavy (non-hydrogen) atoms. The van der Waals surface area contributed by atoms with E-state index in [0.717, 1.165) is 31.6 Å². The summed E-state index contributed by atoms with van der Waals surface area (Å²) in [6.45, 7) is 1.50. The van der Waals surface area contributed by atoms with Crippen molar-refractivity contribution in [1.29, 1.82) is 0 Å². The van der Waals surface area contributed by atoms with Gasteiger partial charge in [0.2, 0.25) is 0 Å². The molecular formula is C12H15N5OS. The number of nitrogen functional groups attached to an aromatic ring is 1. The lowest BCUT2D eigenvalue weighted by Gasteiger charge is -2.31. The summed E-state index contributed by atoms with van der Waals surface area (Å²) < 4.78 is 0. The van der Waals surface area contributed by atoms with E-state index in [0.29, 0.717) is 16.7 Å². The van der Waals surface area contributed by atoms with E-state index in [1.807, 2.05) is 11.0 Å². The van der Waals surface area contributed by atoms with Gasteiger partial charge in [0.15, 0.2) is 5.13 Å². The predicted molar refractivity (Wildman–Crippen MR) is 73.0 cm³/mol. The van der Waals surface area contributed by atoms with Crippen molar-refractivity contribution in [1.82, 2.24) is 20.1 Å². The third-order valence-electron chi connectivity index (χ3n) is 3.49. The highest BCUT2D eigenvalue weighted by atomic mass is 32.1. The number of likely N-dealkylation sites (tertiary alicyclic amines) is 1. The normalized spacial score (nSPS) is 16.7. The molecule has 0 radical (unpaired) electrons. The van der Waals surface area contributed by atoms with E-state index < -0.39 is 0 Å². The van der Waals surface area contributed by atoms with Crippen LogP contribution in [-0.4, -0.2) is 39.1 Å². The lowest BCUT2D eigenvalue weighted by Crippen LogP contribution is -2.38. The van der Waals surface area contributed by atoms with Crippen LogP contribution in [0.25, 0.3) is 0 Å². The van der Waals surface area contributed by atoms with Crippen LogP contribution in [0.5, 0.6) is 0 Å². The Bertz CT molecular complexity index is 556. The molecule has 1 aliphatic heterocycles. The second kappa shape index (κ2) is 5.00. The molecule has 1 aliphatic rings. The van der Waals surface area contributed by atoms with Gasteiger partial charge in [0.25, 0.3) is 5.91 Å². The van der Waals surface area contributed by atoms with Crippen molar-refractivity contribution in [3.63, 3.8) is 0 Å². The fourth-order valence-corrected chi connectivity index (χ4v) is 2.97. The number of aromatic nitrogens is 3. The molecule has 2 aromatic rings. The molecule has 1 fully saturated rings. The highest BCUT2D eigenvalue weighted by Gasteiger charge is 2.26. The number of thiazole rings is 1. The number of amides is 1. The molecule has 0 saturated carbocycles. The molecule has 0 atom stereocenters. The molecule has 3 rings (SSSR count). The lowest BCUT2D eigenvalue weighted by atomic mass is 9.93. The average molecular weight is 277 g/mol. The van der Waals surface area contributed by atoms with Crippen LogP contribution in [0, 0.1) is 0 Å². The predicted octanol–water partition coefficient (Wildman–Crippen LogP) is 1.47. The molecule has 100 valence electrons. The third-order valence-corrected chi connectivity index (χ3v) is 4.16. The second-order valence-corrected chi connectivity index (χ2v) is 5.54. The number of carbonyl (C=O) groups is 1. The van der Waals surface area contributed by atoms with Gasteiger partial charge < -0.3 is 10.6 Å². The minimum absolute atomic E-state index is 0.0176. The molecule has 0 unspecified atom stereocenters. The summed E-state index contributed by atoms with van der Waals surface area (Å²) in [6.07, 6.45) is 3.67. The van der Waals surface area contributed by atoms with E-state index in [1.165, 1.54) is 11.3 Å². The Balaban J connectivity index is 1.62. The Morgan fingerprint density at radius 3 is 2.84 bits per heavy atom. The molecule has 0 spiro atoms. The molecule has 0 bridgehead atoms. The van der Waals surface area contributed by atoms with E-state index in [2.05, 4.69) is 15.2 Å². The maximum absolute atomic E-state index is 12.2. The monoisotopic (exact) mass is 277 g/mol. The number of carbonyl (C=O) groups excluding carboxylic acids is 1. The minimum atomic E-state index is -0.0176. The summed E-state index contributed by atoms with van der Waals surface area (Å²) in [6, 6.07) is 2.00. The van der Waals surface area contributed by atoms with Crippen molar-refractivity contribution in [3.8, 4) is 0 Å². The number of nitrogens with one attached hydrogen (secondary N) is 1. The van der Waals surface area contributed by atoms with Gasteiger partial charge in [-0.3, -0.25) is 9.89 Å². The lowest BCUT2D eigenvalue weighted by molar-refractivity contribution is 0.0707. The van der Waals surface area contributed by atoms with Crippen molar-refractivity contribution >= 4 is 22.4 Å². The van der Waals surface area contributed by atoms with Gasteiger partial charge >= 0.3 is 0 Å². The number of H-pyrrole nitrogens is 1. The van der Waals surface area contributed by atoms with Crippen LogP contribution in [-0.2, 0) is 0 Å². The molecule has 1 saturated heterocycles. The maximum atomic E-state index is 12.2. The molecule has 6 nitrogen and oxygen atoms in total. The summed E-state index contributed by atoms with van der Waals surface area (Å²) in [5, 5.41) is 9.14. The van der Waals surface area contributed by atoms with Crippen LogP contribution >= 0.6 is 11.3 Å². The Morgan fingerprint density at radius 2 is 2.26 bits per heavy atom. The van der Waals surface area contributed by atoms with Gasteiger partial charge in [0, 0.05) is 36.3 Å². The van der Waals surface area contributed by atoms with Crippen molar-refractivity contribution in [2.24, 2.45) is 0 Å². The first-order valence-corrected chi connectivity index (χ1v) is 7.11. The number of rotatable bonds is 2. The Labute approximate surface area is 114 Å². The first-order chi connectivity index (χ1) is 9.24. The molecule has 0 aliphatic carbocycles. The van der Waals surface area contributed by atoms with Gasteiger partial charge in [0.1, 0.15) is 5.69 Å². The molecule has 7 heteroatoms. The average Bonchev–Trinajstić information content (AvgIpc) is 3.09. The number of hydrogen-bond donors (Lipinski definition) is 2. The Morgan fingerprint density at radius 1 is 1.47 bits per heavy atom. The number of piperidine rings is 1. The first-order valence-electron chi connectivity index (χ1n) is 6.23. The van der Waals surface area contributed by atoms with Gasteiger partial charge in [-0.25, -0.2) is 4.98 Å². The van der Waals surface area contributed by atoms with E-state index in [-0.39, 0.29) is 5.91 Å². The van der Waals surface area contributed by atoms with Crippen molar-refractivity contribution < 1.29 is 4.79 Å². The standard InChI is InChI=1S/C12H15N5OS/c13-12-15-10(7-19-12)11(18)17-5-2-8(3-6-17)9-1-4-14-16-9/h1,4,7-8H,2-3,5-6H2,(H2,13,15)(H,14,16). The summed E-state index contributed by atoms with van der Waals surface area (Å²) in [7, 11) is 0. The van der Waals surface area contributed by atoms with Crippen LogP contribution < -0.4 is 5.73 Å². The number of anilines is 1. The Kier molecular flexibility index (Phi) is 3.20. The van der Waals surface area contributed by atoms with Crippen LogP contribution in [0.15, 0.2) is 17.6 Å². The molecule has 3 heterocycles. The van der Waals surface area contributed by atoms with Crippen molar-refractivity contribution in [2.75, 3.05) is 18.8 Å². The van der Waals surface area contributed by atoms with Gasteiger partial charge in [0.05, 0.1) is 0 Å². The summed E-state index contributed by atoms with van der Waals surface area (Å²) in [4.78, 5) is 18.1. The maximum Gasteiger partial charge on any atom is 0.273 e. The van der Waals surface area contributed by atoms with Crippen molar-refractivity contribution in [2.45, 2.75) is 18.8 Å². The summed E-state index contributed by atoms with van der Waals surface area (Å²) in [5.74, 6) is 0.447. The molecule has 3 N–H and O–H groups in total. The quantitative estimate of drug-likeness (QED) is 0.870. The zero-order chi connectivity index (χ0) is 13.2. The summed E-state index contributed by atoms with van der Waals surface area (Å²) >= 11 is 1.30. The van der Waals surface area contributed by atoms with Crippen LogP contribution in [0.3, 0.4) is 0 Å². The minimum Gasteiger partial charge on any atom is -0.375 e. The number of hydrogen-bond acceptors (Lipinski definition) is 5. The summed E-state index contributed by atoms with van der Waals surface area (Å²) in [5.41, 5.74) is 7.18. The molecular weight excluding hydrogens is 262 g/mol. The Hall–Kier alpha value is -1.89. The smallest absolute Gasteiger partial charge is 0.273 e. The van der Waals surface area contributed by atoms with Crippen LogP contribution in [0.1, 0.15) is 34.9 Å². The highest BCUT2D eigenvalue weighted by Crippen LogP contribution is 2.27. The van der Waals surface area contributed by atoms with E-state index >= 15 is 0 Å². The van der Waals surface area contributed by atoms with Gasteiger partial charge in [-0.1, -0.05) is 0 Å². The van der Waals surface area contributed by atoms with Crippen molar-refractivity contribution in [3.05, 3.63) is 29.0 Å². The fourth-order valence-electron chi connectivity index (χ4n) is 2.44. The second-order valence-electron chi connectivity index (χ2n) is 4.65. The van der Waals surface area contributed by atoms with E-state index in [9.17, 15) is 4.79 Å². The van der Waals surface area contributed by atoms with Gasteiger partial charge in [-0.15, -0.1) is 11.3 Å². The molecule has 2 aromatic heterocycles. The molecule has 0 aromatic carbocycles. The van der Waals surface area contributed by atoms with Crippen LogP contribution in [0.2, 0.25) is 0 Å². The fraction of sp³-hybridized carbons (Fsp3) is 0.417. The SMILES string of the molecule is Nc1nc(C(=O)N2CCC(c3ccn[nH]3)CC2)cs1. The number of nitrogens with zero attached hydrogens (tertiary/aromatic N) is 3. The number of nitrogens with two attached hydrogens (primary N) is 1. The van der Waals surface area contributed by atoms with Gasteiger partial charge in [-0.2, -0.15) is 5.10 Å². The number of aromatic amines is 1. The molecule has 1 amide bonds. The topological polar surface area (TPSA) is 87.9 Å². The zero-order valence-corrected chi connectivity index (χ0v) is 11.2. The van der Waals surface area contributed by atoms with Gasteiger partial charge in [-0.05, 0) is 18.9 Å². The largest absolute Gasteiger partial charge is 0.375 e. The van der Waals surface area contributed by atoms with E-state index in [1.54, 1.807) is 11.6 Å². The highest BCUT2D eigenvalue weighted by molar-refractivity contribution is 7.13.